The molecule has 1 N–H and O–H groups in total. The van der Waals surface area contributed by atoms with Gasteiger partial charge >= 0.3 is 0 Å². The molecule has 2 amide bonds. The summed E-state index contributed by atoms with van der Waals surface area (Å²) in [5.74, 6) is -0.716. The Kier molecular flexibility index (Phi) is 5.32. The van der Waals surface area contributed by atoms with Crippen LogP contribution in [-0.4, -0.2) is 64.7 Å². The smallest absolute Gasteiger partial charge is 0.287 e. The van der Waals surface area contributed by atoms with Crippen LogP contribution >= 0.6 is 0 Å². The molecule has 2 aromatic heterocycles. The Balaban J connectivity index is 1.55. The number of nitrogens with zero attached hydrogens (tertiary/aromatic N) is 3. The molecule has 2 saturated heterocycles. The standard InChI is InChI=1S/C20H26N4O4/c1-2-3-9-21-18(25)17-22-16(15-6-4-5-10-24(15)17)19(26)23-11-7-20(8-12-23)27-13-14-28-20/h4-6,10H,2-3,7-9,11-14H2,1H3,(H,21,25). The third-order valence-electron chi connectivity index (χ3n) is 5.40. The van der Waals surface area contributed by atoms with Crippen molar-refractivity contribution in [3.63, 3.8) is 0 Å². The van der Waals surface area contributed by atoms with Gasteiger partial charge in [-0.3, -0.25) is 14.0 Å². The lowest BCUT2D eigenvalue weighted by Gasteiger charge is -2.37. The van der Waals surface area contributed by atoms with Crippen molar-refractivity contribution in [2.45, 2.75) is 38.4 Å². The number of fused-ring (bicyclic) bond motifs is 1. The fraction of sp³-hybridized carbons (Fsp3) is 0.550. The molecular formula is C20H26N4O4. The number of amides is 2. The van der Waals surface area contributed by atoms with E-state index in [0.717, 1.165) is 12.8 Å². The maximum Gasteiger partial charge on any atom is 0.287 e. The van der Waals surface area contributed by atoms with Crippen LogP contribution in [0.3, 0.4) is 0 Å². The fourth-order valence-corrected chi connectivity index (χ4v) is 3.80. The van der Waals surface area contributed by atoms with E-state index in [1.165, 1.54) is 0 Å². The molecule has 1 spiro atoms. The summed E-state index contributed by atoms with van der Waals surface area (Å²) in [5.41, 5.74) is 0.951. The van der Waals surface area contributed by atoms with Gasteiger partial charge in [-0.15, -0.1) is 0 Å². The van der Waals surface area contributed by atoms with Gasteiger partial charge in [-0.05, 0) is 18.6 Å². The van der Waals surface area contributed by atoms with E-state index in [2.05, 4.69) is 17.2 Å². The zero-order valence-corrected chi connectivity index (χ0v) is 16.1. The van der Waals surface area contributed by atoms with Crippen molar-refractivity contribution in [1.29, 1.82) is 0 Å². The second-order valence-electron chi connectivity index (χ2n) is 7.25. The Labute approximate surface area is 163 Å². The first-order chi connectivity index (χ1) is 13.6. The number of nitrogens with one attached hydrogen (secondary N) is 1. The van der Waals surface area contributed by atoms with Crippen molar-refractivity contribution >= 4 is 17.3 Å². The number of carbonyl (C=O) groups is 2. The highest BCUT2D eigenvalue weighted by molar-refractivity contribution is 6.02. The van der Waals surface area contributed by atoms with Crippen molar-refractivity contribution < 1.29 is 19.1 Å². The highest BCUT2D eigenvalue weighted by Gasteiger charge is 2.41. The molecule has 2 aliphatic rings. The highest BCUT2D eigenvalue weighted by atomic mass is 16.7. The normalized spacial score (nSPS) is 18.7. The number of pyridine rings is 1. The first kappa shape index (κ1) is 18.9. The van der Waals surface area contributed by atoms with Crippen LogP contribution in [0.25, 0.3) is 5.52 Å². The number of rotatable bonds is 5. The van der Waals surface area contributed by atoms with Gasteiger partial charge in [0.2, 0.25) is 5.82 Å². The predicted octanol–water partition coefficient (Wildman–Crippen LogP) is 1.84. The molecule has 0 saturated carbocycles. The molecule has 0 aromatic carbocycles. The first-order valence-electron chi connectivity index (χ1n) is 9.96. The topological polar surface area (TPSA) is 85.2 Å². The molecule has 4 rings (SSSR count). The third kappa shape index (κ3) is 3.49. The van der Waals surface area contributed by atoms with E-state index in [-0.39, 0.29) is 17.6 Å². The van der Waals surface area contributed by atoms with E-state index in [9.17, 15) is 9.59 Å². The van der Waals surface area contributed by atoms with Gasteiger partial charge in [-0.2, -0.15) is 0 Å². The SMILES string of the molecule is CCCCNC(=O)c1nc(C(=O)N2CCC3(CC2)OCCO3)c2ccccn12. The summed E-state index contributed by atoms with van der Waals surface area (Å²) in [6, 6.07) is 5.49. The second-order valence-corrected chi connectivity index (χ2v) is 7.25. The largest absolute Gasteiger partial charge is 0.349 e. The molecule has 0 aliphatic carbocycles. The summed E-state index contributed by atoms with van der Waals surface area (Å²) in [5, 5.41) is 2.88. The minimum atomic E-state index is -0.530. The molecule has 0 bridgehead atoms. The fourth-order valence-electron chi connectivity index (χ4n) is 3.80. The molecule has 2 fully saturated rings. The Bertz CT molecular complexity index is 862. The number of carbonyl (C=O) groups excluding carboxylic acids is 2. The predicted molar refractivity (Wildman–Crippen MR) is 102 cm³/mol. The van der Waals surface area contributed by atoms with Gasteiger partial charge in [0.25, 0.3) is 11.8 Å². The number of hydrogen-bond donors (Lipinski definition) is 1. The molecule has 28 heavy (non-hydrogen) atoms. The number of unbranched alkanes of at least 4 members (excludes halogenated alkanes) is 1. The highest BCUT2D eigenvalue weighted by Crippen LogP contribution is 2.32. The van der Waals surface area contributed by atoms with E-state index in [0.29, 0.717) is 56.9 Å². The van der Waals surface area contributed by atoms with Crippen LogP contribution in [0.5, 0.6) is 0 Å². The minimum Gasteiger partial charge on any atom is -0.349 e. The quantitative estimate of drug-likeness (QED) is 0.793. The molecule has 0 radical (unpaired) electrons. The minimum absolute atomic E-state index is 0.163. The van der Waals surface area contributed by atoms with Gasteiger partial charge in [0, 0.05) is 38.7 Å². The van der Waals surface area contributed by atoms with E-state index >= 15 is 0 Å². The molecule has 8 nitrogen and oxygen atoms in total. The lowest BCUT2D eigenvalue weighted by molar-refractivity contribution is -0.181. The summed E-state index contributed by atoms with van der Waals surface area (Å²) < 4.78 is 13.2. The third-order valence-corrected chi connectivity index (χ3v) is 5.40. The van der Waals surface area contributed by atoms with Gasteiger partial charge in [-0.1, -0.05) is 19.4 Å². The van der Waals surface area contributed by atoms with E-state index < -0.39 is 5.79 Å². The summed E-state index contributed by atoms with van der Waals surface area (Å²) in [6.45, 7) is 4.96. The monoisotopic (exact) mass is 386 g/mol. The molecule has 2 aromatic rings. The second kappa shape index (κ2) is 7.89. The van der Waals surface area contributed by atoms with E-state index in [4.69, 9.17) is 9.47 Å². The van der Waals surface area contributed by atoms with Crippen LogP contribution < -0.4 is 5.32 Å². The van der Waals surface area contributed by atoms with Crippen molar-refractivity contribution in [1.82, 2.24) is 19.6 Å². The van der Waals surface area contributed by atoms with E-state index in [1.54, 1.807) is 15.5 Å². The summed E-state index contributed by atoms with van der Waals surface area (Å²) in [4.78, 5) is 31.9. The Morgan fingerprint density at radius 2 is 1.96 bits per heavy atom. The van der Waals surface area contributed by atoms with Gasteiger partial charge in [0.05, 0.1) is 18.7 Å². The van der Waals surface area contributed by atoms with Crippen LogP contribution in [0.2, 0.25) is 0 Å². The van der Waals surface area contributed by atoms with Crippen LogP contribution in [0.1, 0.15) is 53.7 Å². The van der Waals surface area contributed by atoms with Crippen molar-refractivity contribution in [2.24, 2.45) is 0 Å². The van der Waals surface area contributed by atoms with Gasteiger partial charge in [-0.25, -0.2) is 4.98 Å². The van der Waals surface area contributed by atoms with Crippen molar-refractivity contribution in [2.75, 3.05) is 32.8 Å². The molecular weight excluding hydrogens is 360 g/mol. The molecule has 0 atom stereocenters. The van der Waals surface area contributed by atoms with Crippen molar-refractivity contribution in [3.05, 3.63) is 35.9 Å². The van der Waals surface area contributed by atoms with Gasteiger partial charge in [0.1, 0.15) is 0 Å². The molecule has 4 heterocycles. The summed E-state index contributed by atoms with van der Waals surface area (Å²) >= 11 is 0. The number of aromatic nitrogens is 2. The van der Waals surface area contributed by atoms with Gasteiger partial charge < -0.3 is 19.7 Å². The molecule has 0 unspecified atom stereocenters. The van der Waals surface area contributed by atoms with Crippen LogP contribution in [0.15, 0.2) is 24.4 Å². The van der Waals surface area contributed by atoms with Crippen LogP contribution in [-0.2, 0) is 9.47 Å². The molecule has 8 heteroatoms. The maximum absolute atomic E-state index is 13.2. The van der Waals surface area contributed by atoms with Gasteiger partial charge in [0.15, 0.2) is 11.5 Å². The molecule has 150 valence electrons. The number of imidazole rings is 1. The maximum atomic E-state index is 13.2. The number of ether oxygens (including phenoxy) is 2. The first-order valence-corrected chi connectivity index (χ1v) is 9.96. The Morgan fingerprint density at radius 1 is 1.21 bits per heavy atom. The van der Waals surface area contributed by atoms with E-state index in [1.807, 2.05) is 18.2 Å². The van der Waals surface area contributed by atoms with Crippen LogP contribution in [0, 0.1) is 0 Å². The lowest BCUT2D eigenvalue weighted by atomic mass is 10.0. The lowest BCUT2D eigenvalue weighted by Crippen LogP contribution is -2.47. The summed E-state index contributed by atoms with van der Waals surface area (Å²) in [6.07, 6.45) is 4.96. The average molecular weight is 386 g/mol. The summed E-state index contributed by atoms with van der Waals surface area (Å²) in [7, 11) is 0. The number of hydrogen-bond acceptors (Lipinski definition) is 5. The Hall–Kier alpha value is -2.45. The average Bonchev–Trinajstić information content (AvgIpc) is 3.33. The Morgan fingerprint density at radius 3 is 2.68 bits per heavy atom. The number of piperidine rings is 1. The van der Waals surface area contributed by atoms with Crippen molar-refractivity contribution in [3.8, 4) is 0 Å². The van der Waals surface area contributed by atoms with Crippen LogP contribution in [0.4, 0.5) is 0 Å². The molecule has 2 aliphatic heterocycles. The number of likely N-dealkylation sites (tertiary alicyclic amines) is 1. The zero-order valence-electron chi connectivity index (χ0n) is 16.1. The zero-order chi connectivity index (χ0) is 19.6.